The molecule has 0 bridgehead atoms. The third kappa shape index (κ3) is 1.93. The van der Waals surface area contributed by atoms with Gasteiger partial charge in [-0.15, -0.1) is 0 Å². The summed E-state index contributed by atoms with van der Waals surface area (Å²) in [7, 11) is 0. The summed E-state index contributed by atoms with van der Waals surface area (Å²) >= 11 is 0. The van der Waals surface area contributed by atoms with E-state index in [1.165, 1.54) is 36.4 Å². The fourth-order valence-electron chi connectivity index (χ4n) is 1.62. The Morgan fingerprint density at radius 3 is 1.41 bits per heavy atom. The van der Waals surface area contributed by atoms with Gasteiger partial charge in [0.05, 0.1) is 11.1 Å². The van der Waals surface area contributed by atoms with Gasteiger partial charge >= 0.3 is 5.92 Å². The van der Waals surface area contributed by atoms with E-state index in [2.05, 4.69) is 0 Å². The normalized spacial score (nSPS) is 11.4. The minimum Gasteiger partial charge on any atom is -0.507 e. The molecule has 0 spiro atoms. The van der Waals surface area contributed by atoms with Gasteiger partial charge in [0.15, 0.2) is 0 Å². The van der Waals surface area contributed by atoms with E-state index in [4.69, 9.17) is 0 Å². The van der Waals surface area contributed by atoms with E-state index in [0.717, 1.165) is 12.1 Å². The predicted molar refractivity (Wildman–Crippen MR) is 59.2 cm³/mol. The maximum absolute atomic E-state index is 14.1. The lowest BCUT2D eigenvalue weighted by molar-refractivity contribution is 0.0378. The van der Waals surface area contributed by atoms with Crippen molar-refractivity contribution in [3.8, 4) is 11.5 Å². The van der Waals surface area contributed by atoms with Crippen molar-refractivity contribution in [1.29, 1.82) is 0 Å². The fraction of sp³-hybridized carbons (Fsp3) is 0.0769. The number of alkyl halides is 2. The Kier molecular flexibility index (Phi) is 2.71. The molecule has 2 aromatic carbocycles. The van der Waals surface area contributed by atoms with E-state index < -0.39 is 28.5 Å². The van der Waals surface area contributed by atoms with Crippen molar-refractivity contribution in [1.82, 2.24) is 0 Å². The molecule has 2 nitrogen and oxygen atoms in total. The van der Waals surface area contributed by atoms with Gasteiger partial charge < -0.3 is 10.2 Å². The molecule has 2 rings (SSSR count). The molecule has 0 saturated carbocycles. The maximum Gasteiger partial charge on any atom is 0.305 e. The van der Waals surface area contributed by atoms with Crippen LogP contribution in [0.1, 0.15) is 11.1 Å². The molecule has 0 aliphatic carbocycles. The van der Waals surface area contributed by atoms with Gasteiger partial charge in [-0.2, -0.15) is 8.78 Å². The lowest BCUT2D eigenvalue weighted by Crippen LogP contribution is -2.15. The van der Waals surface area contributed by atoms with Crippen molar-refractivity contribution in [2.75, 3.05) is 0 Å². The van der Waals surface area contributed by atoms with Crippen molar-refractivity contribution in [2.45, 2.75) is 5.92 Å². The summed E-state index contributed by atoms with van der Waals surface area (Å²) in [4.78, 5) is 0. The summed E-state index contributed by atoms with van der Waals surface area (Å²) in [5.74, 6) is -4.43. The van der Waals surface area contributed by atoms with Crippen LogP contribution in [0.3, 0.4) is 0 Å². The third-order valence-corrected chi connectivity index (χ3v) is 2.48. The second kappa shape index (κ2) is 4.05. The second-order valence-corrected chi connectivity index (χ2v) is 3.61. The van der Waals surface area contributed by atoms with Gasteiger partial charge in [-0.05, 0) is 24.3 Å². The Morgan fingerprint density at radius 2 is 1.06 bits per heavy atom. The Balaban J connectivity index is 2.58. The second-order valence-electron chi connectivity index (χ2n) is 3.61. The Hall–Kier alpha value is -2.10. The van der Waals surface area contributed by atoms with Crippen LogP contribution in [0, 0.1) is 0 Å². The Labute approximate surface area is 96.8 Å². The van der Waals surface area contributed by atoms with Crippen LogP contribution in [0.25, 0.3) is 0 Å². The average molecular weight is 236 g/mol. The molecule has 17 heavy (non-hydrogen) atoms. The zero-order chi connectivity index (χ0) is 12.5. The quantitative estimate of drug-likeness (QED) is 0.840. The molecule has 0 saturated heterocycles. The minimum absolute atomic E-state index is 0.499. The molecule has 0 radical (unpaired) electrons. The zero-order valence-corrected chi connectivity index (χ0v) is 8.77. The number of hydrogen-bond donors (Lipinski definition) is 2. The Morgan fingerprint density at radius 1 is 0.706 bits per heavy atom. The number of aromatic hydroxyl groups is 2. The third-order valence-electron chi connectivity index (χ3n) is 2.48. The highest BCUT2D eigenvalue weighted by atomic mass is 19.3. The molecule has 4 heteroatoms. The first-order valence-electron chi connectivity index (χ1n) is 4.98. The number of halogens is 2. The molecule has 0 amide bonds. The molecule has 0 heterocycles. The molecule has 2 N–H and O–H groups in total. The summed E-state index contributed by atoms with van der Waals surface area (Å²) in [5, 5.41) is 18.9. The molecule has 0 atom stereocenters. The van der Waals surface area contributed by atoms with Crippen LogP contribution < -0.4 is 0 Å². The van der Waals surface area contributed by atoms with Crippen LogP contribution in [0.2, 0.25) is 0 Å². The van der Waals surface area contributed by atoms with Gasteiger partial charge in [0, 0.05) is 0 Å². The van der Waals surface area contributed by atoms with Gasteiger partial charge in [-0.3, -0.25) is 0 Å². The molecule has 0 unspecified atom stereocenters. The van der Waals surface area contributed by atoms with Gasteiger partial charge in [-0.25, -0.2) is 0 Å². The van der Waals surface area contributed by atoms with E-state index in [9.17, 15) is 19.0 Å². The van der Waals surface area contributed by atoms with Gasteiger partial charge in [-0.1, -0.05) is 24.3 Å². The van der Waals surface area contributed by atoms with E-state index in [1.807, 2.05) is 0 Å². The van der Waals surface area contributed by atoms with Crippen LogP contribution in [0.4, 0.5) is 8.78 Å². The van der Waals surface area contributed by atoms with Gasteiger partial charge in [0.1, 0.15) is 11.5 Å². The van der Waals surface area contributed by atoms with Gasteiger partial charge in [0.25, 0.3) is 0 Å². The van der Waals surface area contributed by atoms with Crippen LogP contribution in [-0.2, 0) is 5.92 Å². The summed E-state index contributed by atoms with van der Waals surface area (Å²) in [6.45, 7) is 0. The monoisotopic (exact) mass is 236 g/mol. The standard InChI is InChI=1S/C13H10F2O2/c14-13(15,9-5-1-3-7-11(9)16)10-6-2-4-8-12(10)17/h1-8,16-17H. The van der Waals surface area contributed by atoms with Crippen molar-refractivity contribution >= 4 is 0 Å². The summed E-state index contributed by atoms with van der Waals surface area (Å²) in [6, 6.07) is 10.3. The van der Waals surface area contributed by atoms with Crippen LogP contribution in [0.5, 0.6) is 11.5 Å². The first-order chi connectivity index (χ1) is 8.03. The van der Waals surface area contributed by atoms with Crippen molar-refractivity contribution in [3.63, 3.8) is 0 Å². The number of rotatable bonds is 2. The lowest BCUT2D eigenvalue weighted by Gasteiger charge is -2.19. The zero-order valence-electron chi connectivity index (χ0n) is 8.77. The SMILES string of the molecule is Oc1ccccc1C(F)(F)c1ccccc1O. The first kappa shape index (κ1) is 11.4. The first-order valence-corrected chi connectivity index (χ1v) is 4.98. The van der Waals surface area contributed by atoms with Crippen molar-refractivity contribution < 1.29 is 19.0 Å². The molecule has 88 valence electrons. The maximum atomic E-state index is 14.1. The lowest BCUT2D eigenvalue weighted by atomic mass is 9.99. The van der Waals surface area contributed by atoms with Crippen LogP contribution in [-0.4, -0.2) is 10.2 Å². The minimum atomic E-state index is -3.43. The van der Waals surface area contributed by atoms with E-state index in [-0.39, 0.29) is 0 Å². The topological polar surface area (TPSA) is 40.5 Å². The molecular weight excluding hydrogens is 226 g/mol. The highest BCUT2D eigenvalue weighted by Crippen LogP contribution is 2.43. The Bertz CT molecular complexity index is 491. The number of benzene rings is 2. The number of hydrogen-bond acceptors (Lipinski definition) is 2. The van der Waals surface area contributed by atoms with Crippen LogP contribution in [0.15, 0.2) is 48.5 Å². The van der Waals surface area contributed by atoms with E-state index in [1.54, 1.807) is 0 Å². The highest BCUT2D eigenvalue weighted by Gasteiger charge is 2.38. The fourth-order valence-corrected chi connectivity index (χ4v) is 1.62. The molecule has 0 aliphatic rings. The van der Waals surface area contributed by atoms with Crippen LogP contribution >= 0.6 is 0 Å². The van der Waals surface area contributed by atoms with Gasteiger partial charge in [0.2, 0.25) is 0 Å². The number of para-hydroxylation sites is 2. The number of phenols is 2. The van der Waals surface area contributed by atoms with E-state index >= 15 is 0 Å². The van der Waals surface area contributed by atoms with Crippen molar-refractivity contribution in [3.05, 3.63) is 59.7 Å². The molecule has 2 aromatic rings. The van der Waals surface area contributed by atoms with Crippen molar-refractivity contribution in [2.24, 2.45) is 0 Å². The largest absolute Gasteiger partial charge is 0.507 e. The summed E-state index contributed by atoms with van der Waals surface area (Å²) in [5.41, 5.74) is -1.05. The summed E-state index contributed by atoms with van der Waals surface area (Å²) in [6.07, 6.45) is 0. The highest BCUT2D eigenvalue weighted by molar-refractivity contribution is 5.46. The average Bonchev–Trinajstić information content (AvgIpc) is 2.29. The van der Waals surface area contributed by atoms with E-state index in [0.29, 0.717) is 0 Å². The number of phenolic OH excluding ortho intramolecular Hbond substituents is 2. The summed E-state index contributed by atoms with van der Waals surface area (Å²) < 4.78 is 28.2. The molecule has 0 aliphatic heterocycles. The molecule has 0 fully saturated rings. The smallest absolute Gasteiger partial charge is 0.305 e. The molecular formula is C13H10F2O2. The molecule has 0 aromatic heterocycles. The predicted octanol–water partition coefficient (Wildman–Crippen LogP) is 3.24.